The standard InChI is InChI=1S/C12H21N3O5/c1-19-8-7-14(4-3-11(17)20-2)5-6-15-10(16)9-13-12(15)18/h3-9H2,1-2H3,(H,13,18). The van der Waals surface area contributed by atoms with Crippen LogP contribution in [-0.4, -0.2) is 81.3 Å². The number of carbonyl (C=O) groups is 3. The first-order valence-corrected chi connectivity index (χ1v) is 6.44. The van der Waals surface area contributed by atoms with Crippen molar-refractivity contribution in [2.75, 3.05) is 53.6 Å². The lowest BCUT2D eigenvalue weighted by Gasteiger charge is -2.23. The smallest absolute Gasteiger partial charge is 0.324 e. The van der Waals surface area contributed by atoms with Gasteiger partial charge in [-0.3, -0.25) is 19.4 Å². The normalized spacial score (nSPS) is 14.8. The van der Waals surface area contributed by atoms with Crippen LogP contribution in [0.25, 0.3) is 0 Å². The summed E-state index contributed by atoms with van der Waals surface area (Å²) in [5.41, 5.74) is 0. The van der Waals surface area contributed by atoms with Crippen molar-refractivity contribution in [2.45, 2.75) is 6.42 Å². The second kappa shape index (κ2) is 8.49. The van der Waals surface area contributed by atoms with Crippen LogP contribution in [0, 0.1) is 0 Å². The summed E-state index contributed by atoms with van der Waals surface area (Å²) in [7, 11) is 2.94. The number of rotatable bonds is 9. The molecule has 3 amide bonds. The molecule has 1 aliphatic rings. The van der Waals surface area contributed by atoms with Gasteiger partial charge in [-0.25, -0.2) is 4.79 Å². The number of imide groups is 1. The van der Waals surface area contributed by atoms with E-state index in [0.717, 1.165) is 0 Å². The maximum absolute atomic E-state index is 11.4. The van der Waals surface area contributed by atoms with Gasteiger partial charge in [0, 0.05) is 33.3 Å². The number of ether oxygens (including phenoxy) is 2. The molecule has 0 unspecified atom stereocenters. The van der Waals surface area contributed by atoms with Gasteiger partial charge in [0.05, 0.1) is 26.7 Å². The highest BCUT2D eigenvalue weighted by molar-refractivity contribution is 6.01. The summed E-state index contributed by atoms with van der Waals surface area (Å²) < 4.78 is 9.59. The van der Waals surface area contributed by atoms with E-state index in [1.165, 1.54) is 12.0 Å². The Labute approximate surface area is 118 Å². The van der Waals surface area contributed by atoms with E-state index in [4.69, 9.17) is 4.74 Å². The highest BCUT2D eigenvalue weighted by Gasteiger charge is 2.28. The summed E-state index contributed by atoms with van der Waals surface area (Å²) in [6, 6.07) is -0.366. The van der Waals surface area contributed by atoms with Gasteiger partial charge in [-0.2, -0.15) is 0 Å². The second-order valence-corrected chi connectivity index (χ2v) is 4.36. The molecule has 1 rings (SSSR count). The molecule has 1 saturated heterocycles. The molecule has 0 bridgehead atoms. The first-order valence-electron chi connectivity index (χ1n) is 6.44. The molecule has 0 aromatic heterocycles. The maximum Gasteiger partial charge on any atom is 0.324 e. The van der Waals surface area contributed by atoms with Crippen LogP contribution in [0.5, 0.6) is 0 Å². The number of carbonyl (C=O) groups excluding carboxylic acids is 3. The minimum Gasteiger partial charge on any atom is -0.469 e. The minimum absolute atomic E-state index is 0.0546. The molecular formula is C12H21N3O5. The van der Waals surface area contributed by atoms with Crippen LogP contribution in [-0.2, 0) is 19.1 Å². The Morgan fingerprint density at radius 3 is 2.60 bits per heavy atom. The Bertz CT molecular complexity index is 345. The van der Waals surface area contributed by atoms with E-state index < -0.39 is 0 Å². The van der Waals surface area contributed by atoms with Crippen molar-refractivity contribution < 1.29 is 23.9 Å². The van der Waals surface area contributed by atoms with Crippen LogP contribution in [0.1, 0.15) is 6.42 Å². The van der Waals surface area contributed by atoms with Gasteiger partial charge in [0.2, 0.25) is 5.91 Å². The largest absolute Gasteiger partial charge is 0.469 e. The Morgan fingerprint density at radius 1 is 1.30 bits per heavy atom. The molecule has 20 heavy (non-hydrogen) atoms. The van der Waals surface area contributed by atoms with Gasteiger partial charge < -0.3 is 14.8 Å². The zero-order valence-corrected chi connectivity index (χ0v) is 11.9. The number of esters is 1. The van der Waals surface area contributed by atoms with Crippen LogP contribution in [0.3, 0.4) is 0 Å². The van der Waals surface area contributed by atoms with Gasteiger partial charge in [0.1, 0.15) is 0 Å². The van der Waals surface area contributed by atoms with E-state index in [9.17, 15) is 14.4 Å². The molecule has 0 radical (unpaired) electrons. The number of nitrogens with one attached hydrogen (secondary N) is 1. The van der Waals surface area contributed by atoms with Crippen molar-refractivity contribution in [3.63, 3.8) is 0 Å². The fourth-order valence-corrected chi connectivity index (χ4v) is 1.83. The number of urea groups is 1. The third kappa shape index (κ3) is 5.14. The van der Waals surface area contributed by atoms with Gasteiger partial charge in [0.15, 0.2) is 0 Å². The van der Waals surface area contributed by atoms with Crippen molar-refractivity contribution >= 4 is 17.9 Å². The van der Waals surface area contributed by atoms with Gasteiger partial charge >= 0.3 is 12.0 Å². The van der Waals surface area contributed by atoms with Crippen molar-refractivity contribution in [3.8, 4) is 0 Å². The lowest BCUT2D eigenvalue weighted by Crippen LogP contribution is -2.40. The molecule has 114 valence electrons. The predicted molar refractivity (Wildman–Crippen MR) is 70.1 cm³/mol. The quantitative estimate of drug-likeness (QED) is 0.434. The van der Waals surface area contributed by atoms with Gasteiger partial charge in [-0.1, -0.05) is 0 Å². The molecule has 0 spiro atoms. The van der Waals surface area contributed by atoms with E-state index in [1.807, 2.05) is 4.90 Å². The van der Waals surface area contributed by atoms with Gasteiger partial charge in [-0.05, 0) is 0 Å². The molecule has 0 aromatic carbocycles. The summed E-state index contributed by atoms with van der Waals surface area (Å²) in [5, 5.41) is 2.47. The van der Waals surface area contributed by atoms with Crippen molar-refractivity contribution in [1.82, 2.24) is 15.1 Å². The maximum atomic E-state index is 11.4. The zero-order chi connectivity index (χ0) is 15.0. The van der Waals surface area contributed by atoms with Crippen LogP contribution < -0.4 is 5.32 Å². The fourth-order valence-electron chi connectivity index (χ4n) is 1.83. The van der Waals surface area contributed by atoms with Crippen LogP contribution in [0.2, 0.25) is 0 Å². The molecule has 0 aliphatic carbocycles. The molecular weight excluding hydrogens is 266 g/mol. The minimum atomic E-state index is -0.366. The first-order chi connectivity index (χ1) is 9.58. The molecule has 1 aliphatic heterocycles. The molecule has 0 saturated carbocycles. The summed E-state index contributed by atoms with van der Waals surface area (Å²) >= 11 is 0. The summed E-state index contributed by atoms with van der Waals surface area (Å²) in [5.74, 6) is -0.517. The molecule has 1 fully saturated rings. The van der Waals surface area contributed by atoms with E-state index >= 15 is 0 Å². The third-order valence-electron chi connectivity index (χ3n) is 3.05. The predicted octanol–water partition coefficient (Wildman–Crippen LogP) is -0.950. The topological polar surface area (TPSA) is 88.2 Å². The average molecular weight is 287 g/mol. The fraction of sp³-hybridized carbons (Fsp3) is 0.750. The molecule has 1 N–H and O–H groups in total. The third-order valence-corrected chi connectivity index (χ3v) is 3.05. The van der Waals surface area contributed by atoms with Crippen LogP contribution in [0.4, 0.5) is 4.79 Å². The van der Waals surface area contributed by atoms with E-state index in [-0.39, 0.29) is 30.9 Å². The van der Waals surface area contributed by atoms with Crippen molar-refractivity contribution in [2.24, 2.45) is 0 Å². The average Bonchev–Trinajstić information content (AvgIpc) is 2.77. The Balaban J connectivity index is 2.40. The van der Waals surface area contributed by atoms with E-state index in [0.29, 0.717) is 32.8 Å². The second-order valence-electron chi connectivity index (χ2n) is 4.36. The van der Waals surface area contributed by atoms with E-state index in [1.54, 1.807) is 7.11 Å². The highest BCUT2D eigenvalue weighted by atomic mass is 16.5. The molecule has 0 atom stereocenters. The molecule has 8 heteroatoms. The number of methoxy groups -OCH3 is 2. The molecule has 0 aromatic rings. The number of nitrogens with zero attached hydrogens (tertiary/aromatic N) is 2. The van der Waals surface area contributed by atoms with Crippen LogP contribution >= 0.6 is 0 Å². The molecule has 8 nitrogen and oxygen atoms in total. The Morgan fingerprint density at radius 2 is 2.05 bits per heavy atom. The summed E-state index contributed by atoms with van der Waals surface area (Å²) in [6.07, 6.45) is 0.264. The Hall–Kier alpha value is -1.67. The van der Waals surface area contributed by atoms with Gasteiger partial charge in [-0.15, -0.1) is 0 Å². The SMILES string of the molecule is COCCN(CCC(=O)OC)CCN1C(=O)CNC1=O. The number of amides is 3. The van der Waals surface area contributed by atoms with Crippen molar-refractivity contribution in [3.05, 3.63) is 0 Å². The number of hydrogen-bond acceptors (Lipinski definition) is 6. The highest BCUT2D eigenvalue weighted by Crippen LogP contribution is 2.01. The zero-order valence-electron chi connectivity index (χ0n) is 11.9. The Kier molecular flexibility index (Phi) is 6.96. The molecule has 1 heterocycles. The van der Waals surface area contributed by atoms with E-state index in [2.05, 4.69) is 10.1 Å². The number of hydrogen-bond donors (Lipinski definition) is 1. The van der Waals surface area contributed by atoms with Gasteiger partial charge in [0.25, 0.3) is 0 Å². The van der Waals surface area contributed by atoms with Crippen molar-refractivity contribution in [1.29, 1.82) is 0 Å². The summed E-state index contributed by atoms with van der Waals surface area (Å²) in [4.78, 5) is 37.1. The lowest BCUT2D eigenvalue weighted by molar-refractivity contribution is -0.141. The van der Waals surface area contributed by atoms with Crippen LogP contribution in [0.15, 0.2) is 0 Å². The lowest BCUT2D eigenvalue weighted by atomic mass is 10.3. The monoisotopic (exact) mass is 287 g/mol. The first kappa shape index (κ1) is 16.4. The summed E-state index contributed by atoms with van der Waals surface area (Å²) in [6.45, 7) is 2.49.